The van der Waals surface area contributed by atoms with Crippen molar-refractivity contribution in [3.63, 3.8) is 0 Å². The molecule has 3 unspecified atom stereocenters. The van der Waals surface area contributed by atoms with E-state index in [9.17, 15) is 28.0 Å². The Bertz CT molecular complexity index is 672. The normalized spacial score (nSPS) is 14.2. The van der Waals surface area contributed by atoms with Gasteiger partial charge in [-0.25, -0.2) is 0 Å². The van der Waals surface area contributed by atoms with Gasteiger partial charge in [0.1, 0.15) is 6.10 Å². The van der Waals surface area contributed by atoms with Crippen LogP contribution in [-0.4, -0.2) is 53.1 Å². The summed E-state index contributed by atoms with van der Waals surface area (Å²) in [6.45, 7) is 4.40. The zero-order chi connectivity index (χ0) is 29.9. The Kier molecular flexibility index (Phi) is 26.7. The average Bonchev–Trinajstić information content (AvgIpc) is 2.90. The number of amides is 1. The van der Waals surface area contributed by atoms with Crippen LogP contribution in [0.15, 0.2) is 0 Å². The highest BCUT2D eigenvalue weighted by Gasteiger charge is 2.28. The maximum Gasteiger partial charge on any atom is 0.266 e. The van der Waals surface area contributed by atoms with Crippen LogP contribution in [0.3, 0.4) is 0 Å². The molecule has 8 heteroatoms. The number of rotatable bonds is 30. The molecule has 0 aliphatic carbocycles. The molecule has 0 saturated heterocycles. The lowest BCUT2D eigenvalue weighted by Gasteiger charge is -2.24. The largest absolute Gasteiger partial charge is 0.391 e. The van der Waals surface area contributed by atoms with Gasteiger partial charge in [-0.2, -0.15) is 8.42 Å². The molecular formula is C32H65NO6S. The van der Waals surface area contributed by atoms with Gasteiger partial charge in [0, 0.05) is 0 Å². The van der Waals surface area contributed by atoms with Crippen LogP contribution in [0.1, 0.15) is 174 Å². The highest BCUT2D eigenvalue weighted by molar-refractivity contribution is 7.85. The molecular weight excluding hydrogens is 526 g/mol. The third-order valence-electron chi connectivity index (χ3n) is 7.92. The zero-order valence-corrected chi connectivity index (χ0v) is 26.9. The molecule has 40 heavy (non-hydrogen) atoms. The predicted octanol–water partition coefficient (Wildman–Crippen LogP) is 7.87. The van der Waals surface area contributed by atoms with Crippen LogP contribution in [-0.2, 0) is 14.9 Å². The quantitative estimate of drug-likeness (QED) is 0.0498. The van der Waals surface area contributed by atoms with Crippen molar-refractivity contribution in [3.05, 3.63) is 0 Å². The molecule has 4 N–H and O–H groups in total. The molecule has 0 radical (unpaired) electrons. The smallest absolute Gasteiger partial charge is 0.266 e. The Morgan fingerprint density at radius 2 is 0.900 bits per heavy atom. The van der Waals surface area contributed by atoms with Gasteiger partial charge in [-0.15, -0.1) is 0 Å². The van der Waals surface area contributed by atoms with E-state index in [0.717, 1.165) is 44.9 Å². The van der Waals surface area contributed by atoms with Crippen molar-refractivity contribution >= 4 is 16.0 Å². The van der Waals surface area contributed by atoms with Crippen molar-refractivity contribution < 1.29 is 28.0 Å². The van der Waals surface area contributed by atoms with Crippen LogP contribution in [0.4, 0.5) is 0 Å². The lowest BCUT2D eigenvalue weighted by Crippen LogP contribution is -2.50. The SMILES string of the molecule is CCCCCCCCCCCCCCCCCCCC(O)C(=O)NC(CS(=O)(=O)O)C(O)CCCCCCCC. The van der Waals surface area contributed by atoms with Crippen LogP contribution in [0.5, 0.6) is 0 Å². The number of carbonyl (C=O) groups is 1. The average molecular weight is 592 g/mol. The van der Waals surface area contributed by atoms with Gasteiger partial charge in [-0.1, -0.05) is 162 Å². The van der Waals surface area contributed by atoms with Crippen molar-refractivity contribution in [2.24, 2.45) is 0 Å². The number of aliphatic hydroxyl groups excluding tert-OH is 2. The second kappa shape index (κ2) is 27.2. The summed E-state index contributed by atoms with van der Waals surface area (Å²) in [5.74, 6) is -1.45. The second-order valence-electron chi connectivity index (χ2n) is 11.9. The number of hydrogen-bond donors (Lipinski definition) is 4. The van der Waals surface area contributed by atoms with Crippen molar-refractivity contribution in [3.8, 4) is 0 Å². The molecule has 0 aliphatic heterocycles. The third-order valence-corrected chi connectivity index (χ3v) is 8.70. The summed E-state index contributed by atoms with van der Waals surface area (Å²) in [7, 11) is -4.38. The lowest BCUT2D eigenvalue weighted by molar-refractivity contribution is -0.131. The number of carbonyl (C=O) groups excluding carboxylic acids is 1. The van der Waals surface area contributed by atoms with E-state index in [1.807, 2.05) is 0 Å². The standard InChI is InChI=1S/C32H65NO6S/c1-3-5-7-9-11-12-13-14-15-16-17-18-19-20-21-23-25-27-31(35)32(36)33-29(28-40(37,38)39)30(34)26-24-22-10-8-6-4-2/h29-31,34-35H,3-28H2,1-2H3,(H,33,36)(H,37,38,39). The summed E-state index contributed by atoms with van der Waals surface area (Å²) < 4.78 is 32.1. The van der Waals surface area contributed by atoms with Gasteiger partial charge in [-0.05, 0) is 12.8 Å². The summed E-state index contributed by atoms with van der Waals surface area (Å²) in [6.07, 6.45) is 25.9. The Morgan fingerprint density at radius 3 is 1.25 bits per heavy atom. The van der Waals surface area contributed by atoms with Crippen molar-refractivity contribution in [2.75, 3.05) is 5.75 Å². The number of hydrogen-bond acceptors (Lipinski definition) is 5. The van der Waals surface area contributed by atoms with Gasteiger partial charge >= 0.3 is 0 Å². The number of nitrogens with one attached hydrogen (secondary N) is 1. The van der Waals surface area contributed by atoms with Crippen molar-refractivity contribution in [2.45, 2.75) is 193 Å². The minimum absolute atomic E-state index is 0.302. The fourth-order valence-corrected chi connectivity index (χ4v) is 6.04. The molecule has 0 heterocycles. The summed E-state index contributed by atoms with van der Waals surface area (Å²) in [6, 6.07) is -1.14. The van der Waals surface area contributed by atoms with E-state index in [4.69, 9.17) is 0 Å². The van der Waals surface area contributed by atoms with Crippen LogP contribution >= 0.6 is 0 Å². The minimum Gasteiger partial charge on any atom is -0.391 e. The molecule has 0 fully saturated rings. The van der Waals surface area contributed by atoms with Gasteiger partial charge in [0.15, 0.2) is 0 Å². The van der Waals surface area contributed by atoms with E-state index >= 15 is 0 Å². The Labute approximate surface area is 247 Å². The maximum atomic E-state index is 12.4. The summed E-state index contributed by atoms with van der Waals surface area (Å²) >= 11 is 0. The molecule has 0 aromatic rings. The van der Waals surface area contributed by atoms with E-state index in [0.29, 0.717) is 19.3 Å². The molecule has 0 saturated carbocycles. The van der Waals surface area contributed by atoms with E-state index in [-0.39, 0.29) is 0 Å². The van der Waals surface area contributed by atoms with E-state index in [1.54, 1.807) is 0 Å². The Balaban J connectivity index is 3.92. The zero-order valence-electron chi connectivity index (χ0n) is 26.1. The van der Waals surface area contributed by atoms with Crippen LogP contribution in [0, 0.1) is 0 Å². The molecule has 0 aromatic carbocycles. The monoisotopic (exact) mass is 591 g/mol. The van der Waals surface area contributed by atoms with Gasteiger partial charge in [-0.3, -0.25) is 9.35 Å². The van der Waals surface area contributed by atoms with Crippen LogP contribution in [0.2, 0.25) is 0 Å². The summed E-state index contributed by atoms with van der Waals surface area (Å²) in [4.78, 5) is 12.4. The number of aliphatic hydroxyl groups is 2. The first-order chi connectivity index (χ1) is 19.2. The highest BCUT2D eigenvalue weighted by atomic mass is 32.2. The Hall–Kier alpha value is -0.700. The maximum absolute atomic E-state index is 12.4. The van der Waals surface area contributed by atoms with Crippen molar-refractivity contribution in [1.29, 1.82) is 0 Å². The molecule has 0 aromatic heterocycles. The van der Waals surface area contributed by atoms with Crippen LogP contribution < -0.4 is 5.32 Å². The first kappa shape index (κ1) is 39.3. The fourth-order valence-electron chi connectivity index (χ4n) is 5.28. The Morgan fingerprint density at radius 1 is 0.575 bits per heavy atom. The molecule has 3 atom stereocenters. The predicted molar refractivity (Wildman–Crippen MR) is 167 cm³/mol. The fraction of sp³-hybridized carbons (Fsp3) is 0.969. The van der Waals surface area contributed by atoms with Crippen molar-refractivity contribution in [1.82, 2.24) is 5.32 Å². The number of unbranched alkanes of at least 4 members (excludes halogenated alkanes) is 21. The van der Waals surface area contributed by atoms with E-state index in [1.165, 1.54) is 96.3 Å². The molecule has 0 aliphatic rings. The molecule has 0 rings (SSSR count). The summed E-state index contributed by atoms with van der Waals surface area (Å²) in [5.41, 5.74) is 0. The van der Waals surface area contributed by atoms with E-state index in [2.05, 4.69) is 19.2 Å². The van der Waals surface area contributed by atoms with Gasteiger partial charge in [0.2, 0.25) is 5.91 Å². The highest BCUT2D eigenvalue weighted by Crippen LogP contribution is 2.15. The third kappa shape index (κ3) is 26.2. The minimum atomic E-state index is -4.38. The molecule has 0 bridgehead atoms. The van der Waals surface area contributed by atoms with Gasteiger partial charge in [0.05, 0.1) is 17.9 Å². The van der Waals surface area contributed by atoms with E-state index < -0.39 is 40.0 Å². The summed E-state index contributed by atoms with van der Waals surface area (Å²) in [5, 5.41) is 23.2. The molecule has 240 valence electrons. The topological polar surface area (TPSA) is 124 Å². The van der Waals surface area contributed by atoms with Gasteiger partial charge < -0.3 is 15.5 Å². The molecule has 0 spiro atoms. The first-order valence-electron chi connectivity index (χ1n) is 16.8. The molecule has 7 nitrogen and oxygen atoms in total. The molecule has 1 amide bonds. The van der Waals surface area contributed by atoms with Gasteiger partial charge in [0.25, 0.3) is 10.1 Å². The second-order valence-corrected chi connectivity index (χ2v) is 13.4. The first-order valence-corrected chi connectivity index (χ1v) is 18.4. The van der Waals surface area contributed by atoms with Crippen LogP contribution in [0.25, 0.3) is 0 Å². The lowest BCUT2D eigenvalue weighted by atomic mass is 10.0.